The number of rotatable bonds is 7. The van der Waals surface area contributed by atoms with Crippen molar-refractivity contribution >= 4 is 34.7 Å². The summed E-state index contributed by atoms with van der Waals surface area (Å²) in [5.41, 5.74) is 1.77. The number of pyridine rings is 1. The Labute approximate surface area is 185 Å². The molecule has 0 aliphatic carbocycles. The summed E-state index contributed by atoms with van der Waals surface area (Å²) < 4.78 is 0. The number of carbonyl (C=O) groups excluding carboxylic acids is 3. The summed E-state index contributed by atoms with van der Waals surface area (Å²) in [7, 11) is 0. The van der Waals surface area contributed by atoms with Crippen LogP contribution in [0.1, 0.15) is 26.3 Å². The number of nitrogens with one attached hydrogen (secondary N) is 2. The molecular formula is C26H21N3O3. The Morgan fingerprint density at radius 2 is 1.53 bits per heavy atom. The third kappa shape index (κ3) is 5.05. The predicted octanol–water partition coefficient (Wildman–Crippen LogP) is 4.03. The summed E-state index contributed by atoms with van der Waals surface area (Å²) in [6.07, 6.45) is 2.50. The van der Waals surface area contributed by atoms with Crippen LogP contribution >= 0.6 is 0 Å². The highest BCUT2D eigenvalue weighted by Crippen LogP contribution is 2.17. The van der Waals surface area contributed by atoms with Crippen LogP contribution in [0.15, 0.2) is 91.1 Å². The molecule has 1 atom stereocenters. The van der Waals surface area contributed by atoms with Gasteiger partial charge in [0.1, 0.15) is 12.1 Å². The number of nitrogens with zero attached hydrogens (tertiary/aromatic N) is 1. The van der Waals surface area contributed by atoms with Crippen molar-refractivity contribution in [1.29, 1.82) is 0 Å². The van der Waals surface area contributed by atoms with Gasteiger partial charge in [-0.1, -0.05) is 60.7 Å². The van der Waals surface area contributed by atoms with Crippen LogP contribution in [0.25, 0.3) is 10.8 Å². The fourth-order valence-corrected chi connectivity index (χ4v) is 3.37. The molecule has 0 radical (unpaired) electrons. The molecule has 6 nitrogen and oxygen atoms in total. The minimum absolute atomic E-state index is 0.288. The zero-order valence-corrected chi connectivity index (χ0v) is 17.2. The van der Waals surface area contributed by atoms with Gasteiger partial charge in [0.2, 0.25) is 0 Å². The summed E-state index contributed by atoms with van der Waals surface area (Å²) in [6, 6.07) is 25.2. The van der Waals surface area contributed by atoms with Crippen LogP contribution in [0.3, 0.4) is 0 Å². The van der Waals surface area contributed by atoms with Gasteiger partial charge < -0.3 is 15.4 Å². The molecular weight excluding hydrogens is 402 g/mol. The van der Waals surface area contributed by atoms with Gasteiger partial charge in [0, 0.05) is 11.8 Å². The van der Waals surface area contributed by atoms with Gasteiger partial charge in [-0.25, -0.2) is 4.98 Å². The third-order valence-corrected chi connectivity index (χ3v) is 5.06. The Morgan fingerprint density at radius 3 is 2.25 bits per heavy atom. The van der Waals surface area contributed by atoms with Crippen LogP contribution in [0, 0.1) is 0 Å². The Kier molecular flexibility index (Phi) is 6.32. The van der Waals surface area contributed by atoms with Gasteiger partial charge in [-0.15, -0.1) is 0 Å². The molecule has 0 aliphatic heterocycles. The Hall–Kier alpha value is -4.32. The fourth-order valence-electron chi connectivity index (χ4n) is 3.37. The highest BCUT2D eigenvalue weighted by atomic mass is 16.2. The van der Waals surface area contributed by atoms with Gasteiger partial charge in [-0.2, -0.15) is 0 Å². The van der Waals surface area contributed by atoms with Crippen molar-refractivity contribution in [3.8, 4) is 0 Å². The van der Waals surface area contributed by atoms with E-state index < -0.39 is 11.9 Å². The highest BCUT2D eigenvalue weighted by molar-refractivity contribution is 6.06. The van der Waals surface area contributed by atoms with Crippen LogP contribution in [0.5, 0.6) is 0 Å². The van der Waals surface area contributed by atoms with Gasteiger partial charge in [0.05, 0.1) is 11.6 Å². The number of hydrogen-bond acceptors (Lipinski definition) is 4. The molecule has 3 aromatic carbocycles. The molecule has 1 aromatic heterocycles. The first-order chi connectivity index (χ1) is 15.6. The maximum absolute atomic E-state index is 12.6. The lowest BCUT2D eigenvalue weighted by Crippen LogP contribution is -2.37. The molecule has 0 unspecified atom stereocenters. The van der Waals surface area contributed by atoms with E-state index in [9.17, 15) is 14.4 Å². The fraction of sp³-hybridized carbons (Fsp3) is 0.0769. The second kappa shape index (κ2) is 9.66. The first kappa shape index (κ1) is 20.9. The number of amides is 2. The molecule has 0 fully saturated rings. The van der Waals surface area contributed by atoms with Gasteiger partial charge in [-0.3, -0.25) is 9.59 Å². The summed E-state index contributed by atoms with van der Waals surface area (Å²) in [6.45, 7) is 0. The molecule has 4 aromatic rings. The molecule has 0 bridgehead atoms. The second-order valence-corrected chi connectivity index (χ2v) is 7.35. The van der Waals surface area contributed by atoms with Crippen LogP contribution < -0.4 is 10.6 Å². The SMILES string of the molecule is O=C[C@H](Cc1ccccc1)NC(=O)c1ccc(NC(=O)c2ccc3ccccc3c2)nc1. The van der Waals surface area contributed by atoms with Crippen molar-refractivity contribution in [2.24, 2.45) is 0 Å². The van der Waals surface area contributed by atoms with Gasteiger partial charge in [0.25, 0.3) is 11.8 Å². The number of aromatic nitrogens is 1. The minimum atomic E-state index is -0.641. The average Bonchev–Trinajstić information content (AvgIpc) is 2.84. The predicted molar refractivity (Wildman–Crippen MR) is 124 cm³/mol. The van der Waals surface area contributed by atoms with Crippen molar-refractivity contribution in [1.82, 2.24) is 10.3 Å². The monoisotopic (exact) mass is 423 g/mol. The summed E-state index contributed by atoms with van der Waals surface area (Å²) >= 11 is 0. The van der Waals surface area contributed by atoms with E-state index in [-0.39, 0.29) is 5.91 Å². The molecule has 6 heteroatoms. The van der Waals surface area contributed by atoms with Crippen molar-refractivity contribution in [3.63, 3.8) is 0 Å². The Bertz CT molecular complexity index is 1250. The smallest absolute Gasteiger partial charge is 0.256 e. The topological polar surface area (TPSA) is 88.2 Å². The zero-order chi connectivity index (χ0) is 22.3. The molecule has 1 heterocycles. The number of aldehydes is 1. The lowest BCUT2D eigenvalue weighted by Gasteiger charge is -2.13. The first-order valence-corrected chi connectivity index (χ1v) is 10.2. The summed E-state index contributed by atoms with van der Waals surface area (Å²) in [5, 5.41) is 7.46. The zero-order valence-electron chi connectivity index (χ0n) is 17.2. The number of hydrogen-bond donors (Lipinski definition) is 2. The maximum atomic E-state index is 12.6. The van der Waals surface area contributed by atoms with E-state index in [1.807, 2.05) is 66.7 Å². The normalized spacial score (nSPS) is 11.5. The van der Waals surface area contributed by atoms with E-state index in [4.69, 9.17) is 0 Å². The van der Waals surface area contributed by atoms with Crippen molar-refractivity contribution < 1.29 is 14.4 Å². The van der Waals surface area contributed by atoms with E-state index in [2.05, 4.69) is 15.6 Å². The molecule has 0 saturated carbocycles. The van der Waals surface area contributed by atoms with Crippen LogP contribution in [0.4, 0.5) is 5.82 Å². The Morgan fingerprint density at radius 1 is 0.812 bits per heavy atom. The van der Waals surface area contributed by atoms with Crippen molar-refractivity contribution in [2.45, 2.75) is 12.5 Å². The number of benzene rings is 3. The maximum Gasteiger partial charge on any atom is 0.256 e. The second-order valence-electron chi connectivity index (χ2n) is 7.35. The molecule has 0 aliphatic rings. The quantitative estimate of drug-likeness (QED) is 0.440. The molecule has 32 heavy (non-hydrogen) atoms. The molecule has 2 amide bonds. The Balaban J connectivity index is 1.38. The van der Waals surface area contributed by atoms with E-state index in [0.717, 1.165) is 22.6 Å². The molecule has 0 spiro atoms. The van der Waals surface area contributed by atoms with Crippen LogP contribution in [-0.2, 0) is 11.2 Å². The van der Waals surface area contributed by atoms with E-state index in [0.29, 0.717) is 23.4 Å². The summed E-state index contributed by atoms with van der Waals surface area (Å²) in [4.78, 5) is 40.6. The highest BCUT2D eigenvalue weighted by Gasteiger charge is 2.15. The van der Waals surface area contributed by atoms with E-state index in [1.165, 1.54) is 6.20 Å². The number of carbonyl (C=O) groups is 3. The molecule has 0 saturated heterocycles. The average molecular weight is 423 g/mol. The van der Waals surface area contributed by atoms with Crippen LogP contribution in [-0.4, -0.2) is 29.1 Å². The molecule has 158 valence electrons. The molecule has 2 N–H and O–H groups in total. The van der Waals surface area contributed by atoms with E-state index >= 15 is 0 Å². The number of fused-ring (bicyclic) bond motifs is 1. The lowest BCUT2D eigenvalue weighted by atomic mass is 10.1. The first-order valence-electron chi connectivity index (χ1n) is 10.2. The molecule has 4 rings (SSSR count). The lowest BCUT2D eigenvalue weighted by molar-refractivity contribution is -0.109. The van der Waals surface area contributed by atoms with Crippen molar-refractivity contribution in [2.75, 3.05) is 5.32 Å². The largest absolute Gasteiger partial charge is 0.342 e. The van der Waals surface area contributed by atoms with Gasteiger partial charge in [0.15, 0.2) is 0 Å². The minimum Gasteiger partial charge on any atom is -0.342 e. The summed E-state index contributed by atoms with van der Waals surface area (Å²) in [5.74, 6) is -0.363. The third-order valence-electron chi connectivity index (χ3n) is 5.06. The van der Waals surface area contributed by atoms with E-state index in [1.54, 1.807) is 18.2 Å². The van der Waals surface area contributed by atoms with Crippen molar-refractivity contribution in [3.05, 3.63) is 108 Å². The van der Waals surface area contributed by atoms with Crippen LogP contribution in [0.2, 0.25) is 0 Å². The standard InChI is InChI=1S/C26H21N3O3/c30-17-23(14-18-6-2-1-3-7-18)28-26(32)22-12-13-24(27-16-22)29-25(31)21-11-10-19-8-4-5-9-20(19)15-21/h1-13,15-17,23H,14H2,(H,28,32)(H,27,29,31)/t23-/m0/s1. The van der Waals surface area contributed by atoms with Gasteiger partial charge >= 0.3 is 0 Å². The van der Waals surface area contributed by atoms with Gasteiger partial charge in [-0.05, 0) is 47.0 Å². The number of anilines is 1.